The zero-order valence-corrected chi connectivity index (χ0v) is 16.4. The molecule has 1 aromatic heterocycles. The van der Waals surface area contributed by atoms with Crippen molar-refractivity contribution in [3.8, 4) is 0 Å². The van der Waals surface area contributed by atoms with E-state index in [2.05, 4.69) is 15.6 Å². The van der Waals surface area contributed by atoms with Crippen LogP contribution in [0.25, 0.3) is 0 Å². The summed E-state index contributed by atoms with van der Waals surface area (Å²) in [7, 11) is 3.96. The highest BCUT2D eigenvalue weighted by Crippen LogP contribution is 2.30. The summed E-state index contributed by atoms with van der Waals surface area (Å²) in [5.74, 6) is 0.187. The summed E-state index contributed by atoms with van der Waals surface area (Å²) in [5.41, 5.74) is 2.32. The van der Waals surface area contributed by atoms with E-state index in [1.54, 1.807) is 23.4 Å². The minimum atomic E-state index is -0.184. The molecule has 0 saturated heterocycles. The monoisotopic (exact) mass is 381 g/mol. The van der Waals surface area contributed by atoms with Gasteiger partial charge in [-0.2, -0.15) is 0 Å². The second-order valence-electron chi connectivity index (χ2n) is 7.36. The summed E-state index contributed by atoms with van der Waals surface area (Å²) >= 11 is 0. The Bertz CT molecular complexity index is 805. The number of anilines is 2. The molecule has 3 rings (SSSR count). The van der Waals surface area contributed by atoms with Gasteiger partial charge in [-0.1, -0.05) is 12.1 Å². The number of hydrogen-bond acceptors (Lipinski definition) is 4. The van der Waals surface area contributed by atoms with Crippen LogP contribution in [0.3, 0.4) is 0 Å². The van der Waals surface area contributed by atoms with Crippen molar-refractivity contribution in [3.63, 3.8) is 0 Å². The van der Waals surface area contributed by atoms with Gasteiger partial charge in [-0.15, -0.1) is 0 Å². The highest BCUT2D eigenvalue weighted by Gasteiger charge is 2.29. The summed E-state index contributed by atoms with van der Waals surface area (Å²) in [4.78, 5) is 32.7. The molecule has 2 N–H and O–H groups in total. The molecule has 2 aromatic rings. The molecule has 0 spiro atoms. The molecule has 1 fully saturated rings. The van der Waals surface area contributed by atoms with E-state index in [1.807, 2.05) is 49.3 Å². The summed E-state index contributed by atoms with van der Waals surface area (Å²) < 4.78 is 0. The van der Waals surface area contributed by atoms with E-state index in [9.17, 15) is 9.59 Å². The zero-order chi connectivity index (χ0) is 19.9. The van der Waals surface area contributed by atoms with E-state index in [1.165, 1.54) is 0 Å². The highest BCUT2D eigenvalue weighted by molar-refractivity contribution is 5.95. The Morgan fingerprint density at radius 1 is 1.07 bits per heavy atom. The average molecular weight is 381 g/mol. The van der Waals surface area contributed by atoms with Gasteiger partial charge in [0.15, 0.2) is 0 Å². The standard InChI is InChI=1S/C21H27N5O2/c1-25(2)11-12-26(15-16-5-4-10-22-14-16)21(28)24-19-7-3-6-18(13-19)23-20(27)17-8-9-17/h3-7,10,13-14,17H,8-9,11-12,15H2,1-2H3,(H,23,27)(H,24,28). The van der Waals surface area contributed by atoms with Gasteiger partial charge in [-0.3, -0.25) is 9.78 Å². The van der Waals surface area contributed by atoms with E-state index in [0.717, 1.165) is 24.9 Å². The Morgan fingerprint density at radius 3 is 2.46 bits per heavy atom. The SMILES string of the molecule is CN(C)CCN(Cc1cccnc1)C(=O)Nc1cccc(NC(=O)C2CC2)c1. The van der Waals surface area contributed by atoms with Crippen molar-refractivity contribution < 1.29 is 9.59 Å². The van der Waals surface area contributed by atoms with Crippen molar-refractivity contribution in [2.45, 2.75) is 19.4 Å². The number of nitrogens with zero attached hydrogens (tertiary/aromatic N) is 3. The Balaban J connectivity index is 1.65. The molecule has 0 unspecified atom stereocenters. The molecule has 0 radical (unpaired) electrons. The van der Waals surface area contributed by atoms with Crippen LogP contribution in [-0.2, 0) is 11.3 Å². The predicted octanol–water partition coefficient (Wildman–Crippen LogP) is 3.03. The lowest BCUT2D eigenvalue weighted by Crippen LogP contribution is -2.39. The molecule has 1 aliphatic carbocycles. The quantitative estimate of drug-likeness (QED) is 0.737. The zero-order valence-electron chi connectivity index (χ0n) is 16.4. The average Bonchev–Trinajstić information content (AvgIpc) is 3.51. The molecule has 7 heteroatoms. The van der Waals surface area contributed by atoms with Gasteiger partial charge in [0.2, 0.25) is 5.91 Å². The van der Waals surface area contributed by atoms with E-state index in [-0.39, 0.29) is 17.9 Å². The number of nitrogens with one attached hydrogen (secondary N) is 2. The van der Waals surface area contributed by atoms with Gasteiger partial charge in [0.25, 0.3) is 0 Å². The van der Waals surface area contributed by atoms with Crippen molar-refractivity contribution in [1.82, 2.24) is 14.8 Å². The van der Waals surface area contributed by atoms with Crippen LogP contribution in [0, 0.1) is 5.92 Å². The van der Waals surface area contributed by atoms with Crippen molar-refractivity contribution in [1.29, 1.82) is 0 Å². The van der Waals surface area contributed by atoms with Crippen LogP contribution < -0.4 is 10.6 Å². The molecule has 1 aliphatic rings. The highest BCUT2D eigenvalue weighted by atomic mass is 16.2. The van der Waals surface area contributed by atoms with Crippen molar-refractivity contribution in [2.24, 2.45) is 5.92 Å². The van der Waals surface area contributed by atoms with Crippen LogP contribution in [0.1, 0.15) is 18.4 Å². The van der Waals surface area contributed by atoms with E-state index in [4.69, 9.17) is 0 Å². The Labute approximate surface area is 165 Å². The molecular weight excluding hydrogens is 354 g/mol. The lowest BCUT2D eigenvalue weighted by molar-refractivity contribution is -0.117. The molecular formula is C21H27N5O2. The maximum Gasteiger partial charge on any atom is 0.322 e. The second kappa shape index (κ2) is 9.32. The number of pyridine rings is 1. The normalized spacial score (nSPS) is 13.2. The molecule has 0 atom stereocenters. The number of aromatic nitrogens is 1. The predicted molar refractivity (Wildman–Crippen MR) is 110 cm³/mol. The molecule has 0 aliphatic heterocycles. The van der Waals surface area contributed by atoms with Crippen LogP contribution in [0.15, 0.2) is 48.8 Å². The second-order valence-corrected chi connectivity index (χ2v) is 7.36. The first-order valence-electron chi connectivity index (χ1n) is 9.52. The summed E-state index contributed by atoms with van der Waals surface area (Å²) in [6.07, 6.45) is 5.40. The third-order valence-corrected chi connectivity index (χ3v) is 4.53. The summed E-state index contributed by atoms with van der Waals surface area (Å²) in [5, 5.41) is 5.85. The number of urea groups is 1. The summed E-state index contributed by atoms with van der Waals surface area (Å²) in [6, 6.07) is 10.9. The van der Waals surface area contributed by atoms with Gasteiger partial charge in [-0.25, -0.2) is 4.79 Å². The van der Waals surface area contributed by atoms with E-state index >= 15 is 0 Å². The fourth-order valence-corrected chi connectivity index (χ4v) is 2.75. The minimum absolute atomic E-state index is 0.0488. The lowest BCUT2D eigenvalue weighted by Gasteiger charge is -2.25. The maximum atomic E-state index is 12.9. The third-order valence-electron chi connectivity index (χ3n) is 4.53. The maximum absolute atomic E-state index is 12.9. The Kier molecular flexibility index (Phi) is 6.60. The van der Waals surface area contributed by atoms with Crippen molar-refractivity contribution >= 4 is 23.3 Å². The molecule has 3 amide bonds. The number of likely N-dealkylation sites (N-methyl/N-ethyl adjacent to an activating group) is 1. The van der Waals surface area contributed by atoms with Crippen LogP contribution in [-0.4, -0.2) is 53.9 Å². The van der Waals surface area contributed by atoms with Gasteiger partial charge in [0, 0.05) is 49.3 Å². The minimum Gasteiger partial charge on any atom is -0.326 e. The van der Waals surface area contributed by atoms with Gasteiger partial charge in [-0.05, 0) is 56.8 Å². The first kappa shape index (κ1) is 19.8. The van der Waals surface area contributed by atoms with Gasteiger partial charge in [0.1, 0.15) is 0 Å². The van der Waals surface area contributed by atoms with Crippen molar-refractivity contribution in [2.75, 3.05) is 37.8 Å². The molecule has 7 nitrogen and oxygen atoms in total. The number of amides is 3. The van der Waals surface area contributed by atoms with Gasteiger partial charge < -0.3 is 20.4 Å². The third kappa shape index (κ3) is 6.06. The van der Waals surface area contributed by atoms with Crippen LogP contribution >= 0.6 is 0 Å². The topological polar surface area (TPSA) is 77.6 Å². The van der Waals surface area contributed by atoms with E-state index in [0.29, 0.717) is 24.5 Å². The van der Waals surface area contributed by atoms with Gasteiger partial charge >= 0.3 is 6.03 Å². The molecule has 1 saturated carbocycles. The smallest absolute Gasteiger partial charge is 0.322 e. The van der Waals surface area contributed by atoms with Crippen LogP contribution in [0.5, 0.6) is 0 Å². The fourth-order valence-electron chi connectivity index (χ4n) is 2.75. The number of carbonyl (C=O) groups excluding carboxylic acids is 2. The molecule has 148 valence electrons. The molecule has 1 heterocycles. The fraction of sp³-hybridized carbons (Fsp3) is 0.381. The number of benzene rings is 1. The van der Waals surface area contributed by atoms with Gasteiger partial charge in [0.05, 0.1) is 0 Å². The Morgan fingerprint density at radius 2 is 1.82 bits per heavy atom. The Hall–Kier alpha value is -2.93. The first-order chi connectivity index (χ1) is 13.5. The van der Waals surface area contributed by atoms with Crippen molar-refractivity contribution in [3.05, 3.63) is 54.4 Å². The molecule has 1 aromatic carbocycles. The van der Waals surface area contributed by atoms with E-state index < -0.39 is 0 Å². The number of carbonyl (C=O) groups is 2. The number of rotatable bonds is 8. The molecule has 28 heavy (non-hydrogen) atoms. The van der Waals surface area contributed by atoms with Crippen LogP contribution in [0.4, 0.5) is 16.2 Å². The van der Waals surface area contributed by atoms with Crippen LogP contribution in [0.2, 0.25) is 0 Å². The summed E-state index contributed by atoms with van der Waals surface area (Å²) in [6.45, 7) is 1.82. The first-order valence-corrected chi connectivity index (χ1v) is 9.52. The lowest BCUT2D eigenvalue weighted by atomic mass is 10.2. The largest absolute Gasteiger partial charge is 0.326 e. The molecule has 0 bridgehead atoms. The number of hydrogen-bond donors (Lipinski definition) is 2.